The van der Waals surface area contributed by atoms with Crippen LogP contribution in [0, 0.1) is 5.92 Å². The van der Waals surface area contributed by atoms with Gasteiger partial charge in [0.25, 0.3) is 0 Å². The summed E-state index contributed by atoms with van der Waals surface area (Å²) < 4.78 is 2.78. The number of nitrogens with zero attached hydrogens (tertiary/aromatic N) is 2. The van der Waals surface area contributed by atoms with Crippen LogP contribution in [0.15, 0.2) is 23.0 Å². The number of benzene rings is 1. The highest BCUT2D eigenvalue weighted by Gasteiger charge is 2.26. The van der Waals surface area contributed by atoms with Crippen LogP contribution in [0.3, 0.4) is 0 Å². The number of aryl methyl sites for hydroxylation is 1. The first-order valence-electron chi connectivity index (χ1n) is 6.61. The Hall–Kier alpha value is -0.880. The fourth-order valence-corrected chi connectivity index (χ4v) is 3.70. The van der Waals surface area contributed by atoms with Crippen LogP contribution in [-0.2, 0) is 13.6 Å². The third kappa shape index (κ3) is 2.76. The zero-order valence-electron chi connectivity index (χ0n) is 11.7. The summed E-state index contributed by atoms with van der Waals surface area (Å²) in [6, 6.07) is 6.58. The Bertz CT molecular complexity index is 656. The molecule has 110 valence electrons. The largest absolute Gasteiger partial charge is 0.326 e. The van der Waals surface area contributed by atoms with Gasteiger partial charge < -0.3 is 10.3 Å². The maximum absolute atomic E-state index is 11.6. The molecule has 20 heavy (non-hydrogen) atoms. The highest BCUT2D eigenvalue weighted by molar-refractivity contribution is 7.16. The lowest BCUT2D eigenvalue weighted by Crippen LogP contribution is -2.28. The van der Waals surface area contributed by atoms with Gasteiger partial charge in [-0.05, 0) is 23.6 Å². The summed E-state index contributed by atoms with van der Waals surface area (Å²) in [7, 11) is 1.82. The second-order valence-electron chi connectivity index (χ2n) is 5.56. The predicted molar refractivity (Wildman–Crippen MR) is 86.7 cm³/mol. The van der Waals surface area contributed by atoms with E-state index in [4.69, 9.17) is 5.73 Å². The predicted octanol–water partition coefficient (Wildman–Crippen LogP) is 1.80. The SMILES string of the molecule is CC1CN(Cc2ccc3c(c2)sc(=O)n3C)CC1N.Cl. The first kappa shape index (κ1) is 15.5. The number of fused-ring (bicyclic) bond motifs is 1. The van der Waals surface area contributed by atoms with E-state index >= 15 is 0 Å². The van der Waals surface area contributed by atoms with E-state index < -0.39 is 0 Å². The summed E-state index contributed by atoms with van der Waals surface area (Å²) in [5.74, 6) is 0.566. The van der Waals surface area contributed by atoms with Crippen LogP contribution < -0.4 is 10.6 Å². The van der Waals surface area contributed by atoms with Crippen molar-refractivity contribution in [3.05, 3.63) is 33.4 Å². The highest BCUT2D eigenvalue weighted by atomic mass is 35.5. The van der Waals surface area contributed by atoms with Crippen LogP contribution in [-0.4, -0.2) is 28.6 Å². The van der Waals surface area contributed by atoms with Crippen LogP contribution >= 0.6 is 23.7 Å². The van der Waals surface area contributed by atoms with Crippen molar-refractivity contribution in [3.8, 4) is 0 Å². The summed E-state index contributed by atoms with van der Waals surface area (Å²) in [6.07, 6.45) is 0. The number of hydrogen-bond donors (Lipinski definition) is 1. The molecule has 0 saturated carbocycles. The van der Waals surface area contributed by atoms with Gasteiger partial charge >= 0.3 is 4.87 Å². The quantitative estimate of drug-likeness (QED) is 0.920. The van der Waals surface area contributed by atoms with Gasteiger partial charge in [-0.3, -0.25) is 9.69 Å². The maximum Gasteiger partial charge on any atom is 0.307 e. The molecule has 0 radical (unpaired) electrons. The van der Waals surface area contributed by atoms with Crippen LogP contribution in [0.1, 0.15) is 12.5 Å². The molecule has 4 nitrogen and oxygen atoms in total. The fraction of sp³-hybridized carbons (Fsp3) is 0.500. The highest BCUT2D eigenvalue weighted by Crippen LogP contribution is 2.21. The molecule has 3 rings (SSSR count). The lowest BCUT2D eigenvalue weighted by Gasteiger charge is -2.15. The van der Waals surface area contributed by atoms with E-state index in [1.54, 1.807) is 4.57 Å². The Morgan fingerprint density at radius 3 is 2.80 bits per heavy atom. The zero-order chi connectivity index (χ0) is 13.6. The van der Waals surface area contributed by atoms with Crippen molar-refractivity contribution in [3.63, 3.8) is 0 Å². The number of aromatic nitrogens is 1. The summed E-state index contributed by atoms with van der Waals surface area (Å²) in [6.45, 7) is 5.15. The summed E-state index contributed by atoms with van der Waals surface area (Å²) >= 11 is 1.32. The van der Waals surface area contributed by atoms with E-state index in [0.717, 1.165) is 29.9 Å². The molecular weight excluding hydrogens is 294 g/mol. The molecule has 0 aliphatic carbocycles. The number of halogens is 1. The van der Waals surface area contributed by atoms with Crippen molar-refractivity contribution in [1.82, 2.24) is 9.47 Å². The maximum atomic E-state index is 11.6. The molecule has 1 aliphatic heterocycles. The van der Waals surface area contributed by atoms with Crippen LogP contribution in [0.25, 0.3) is 10.2 Å². The Morgan fingerprint density at radius 1 is 1.40 bits per heavy atom. The molecule has 1 aromatic carbocycles. The Balaban J connectivity index is 0.00000147. The topological polar surface area (TPSA) is 51.3 Å². The molecule has 1 aromatic heterocycles. The molecule has 2 N–H and O–H groups in total. The number of hydrogen-bond acceptors (Lipinski definition) is 4. The summed E-state index contributed by atoms with van der Waals surface area (Å²) in [5.41, 5.74) is 8.33. The molecule has 1 fully saturated rings. The van der Waals surface area contributed by atoms with Gasteiger partial charge in [-0.2, -0.15) is 0 Å². The van der Waals surface area contributed by atoms with Gasteiger partial charge in [0.15, 0.2) is 0 Å². The third-order valence-electron chi connectivity index (χ3n) is 4.01. The van der Waals surface area contributed by atoms with E-state index in [2.05, 4.69) is 24.0 Å². The van der Waals surface area contributed by atoms with E-state index in [-0.39, 0.29) is 23.3 Å². The number of rotatable bonds is 2. The average Bonchev–Trinajstić information content (AvgIpc) is 2.81. The Labute approximate surface area is 128 Å². The van der Waals surface area contributed by atoms with Gasteiger partial charge in [0.2, 0.25) is 0 Å². The van der Waals surface area contributed by atoms with Crippen LogP contribution in [0.5, 0.6) is 0 Å². The minimum absolute atomic E-state index is 0. The van der Waals surface area contributed by atoms with Crippen molar-refractivity contribution < 1.29 is 0 Å². The molecule has 2 atom stereocenters. The standard InChI is InChI=1S/C14H19N3OS.ClH/c1-9-6-17(8-11(9)15)7-10-3-4-12-13(5-10)19-14(18)16(12)2;/h3-5,9,11H,6-8,15H2,1-2H3;1H. The minimum Gasteiger partial charge on any atom is -0.326 e. The lowest BCUT2D eigenvalue weighted by atomic mass is 10.1. The number of nitrogens with two attached hydrogens (primary N) is 1. The number of thiazole rings is 1. The summed E-state index contributed by atoms with van der Waals surface area (Å²) in [4.78, 5) is 14.1. The molecule has 0 amide bonds. The lowest BCUT2D eigenvalue weighted by molar-refractivity contribution is 0.319. The summed E-state index contributed by atoms with van der Waals surface area (Å²) in [5, 5.41) is 0. The van der Waals surface area contributed by atoms with Gasteiger partial charge in [0.05, 0.1) is 10.2 Å². The normalized spacial score (nSPS) is 23.1. The molecule has 2 heterocycles. The Morgan fingerprint density at radius 2 is 2.15 bits per heavy atom. The molecule has 0 bridgehead atoms. The van der Waals surface area contributed by atoms with Crippen molar-refractivity contribution in [1.29, 1.82) is 0 Å². The van der Waals surface area contributed by atoms with E-state index in [1.807, 2.05) is 13.1 Å². The van der Waals surface area contributed by atoms with Crippen molar-refractivity contribution in [2.24, 2.45) is 18.7 Å². The van der Waals surface area contributed by atoms with Crippen LogP contribution in [0.2, 0.25) is 0 Å². The van der Waals surface area contributed by atoms with E-state index in [0.29, 0.717) is 5.92 Å². The van der Waals surface area contributed by atoms with E-state index in [1.165, 1.54) is 16.9 Å². The van der Waals surface area contributed by atoms with Crippen LogP contribution in [0.4, 0.5) is 0 Å². The average molecular weight is 314 g/mol. The number of likely N-dealkylation sites (tertiary alicyclic amines) is 1. The fourth-order valence-electron chi connectivity index (χ4n) is 2.76. The molecular formula is C14H20ClN3OS. The van der Waals surface area contributed by atoms with Crippen molar-refractivity contribution in [2.75, 3.05) is 13.1 Å². The molecule has 1 aliphatic rings. The van der Waals surface area contributed by atoms with Gasteiger partial charge in [0, 0.05) is 32.7 Å². The van der Waals surface area contributed by atoms with Gasteiger partial charge in [-0.15, -0.1) is 12.4 Å². The minimum atomic E-state index is 0. The van der Waals surface area contributed by atoms with Crippen molar-refractivity contribution in [2.45, 2.75) is 19.5 Å². The van der Waals surface area contributed by atoms with E-state index in [9.17, 15) is 4.79 Å². The molecule has 0 spiro atoms. The molecule has 1 saturated heterocycles. The zero-order valence-corrected chi connectivity index (χ0v) is 13.3. The monoisotopic (exact) mass is 313 g/mol. The first-order valence-corrected chi connectivity index (χ1v) is 7.42. The second kappa shape index (κ2) is 5.85. The second-order valence-corrected chi connectivity index (χ2v) is 6.56. The smallest absolute Gasteiger partial charge is 0.307 e. The molecule has 2 aromatic rings. The molecule has 6 heteroatoms. The van der Waals surface area contributed by atoms with Gasteiger partial charge in [-0.25, -0.2) is 0 Å². The van der Waals surface area contributed by atoms with Gasteiger partial charge in [-0.1, -0.05) is 24.3 Å². The third-order valence-corrected chi connectivity index (χ3v) is 5.00. The molecule has 2 unspecified atom stereocenters. The first-order chi connectivity index (χ1) is 9.04. The Kier molecular flexibility index (Phi) is 4.54. The van der Waals surface area contributed by atoms with Gasteiger partial charge in [0.1, 0.15) is 0 Å². The van der Waals surface area contributed by atoms with Crippen molar-refractivity contribution >= 4 is 34.0 Å².